The number of hydrogen-bond acceptors (Lipinski definition) is 4. The number of hydrazine groups is 1. The largest absolute Gasteiger partial charge is 0.333 e. The van der Waals surface area contributed by atoms with Crippen LogP contribution in [0.4, 0.5) is 16.2 Å². The summed E-state index contributed by atoms with van der Waals surface area (Å²) in [5, 5.41) is 5.53. The van der Waals surface area contributed by atoms with Gasteiger partial charge in [-0.15, -0.1) is 0 Å². The molecule has 0 aromatic heterocycles. The molecule has 1 unspecified atom stereocenters. The maximum absolute atomic E-state index is 11.9. The SMILES string of the molecule is CCC(C)CSCCCC(=O)Nc1ccc(NC(=O)NNC)cc1. The molecule has 0 fully saturated rings. The summed E-state index contributed by atoms with van der Waals surface area (Å²) >= 11 is 1.91. The van der Waals surface area contributed by atoms with E-state index in [4.69, 9.17) is 0 Å². The molecule has 1 atom stereocenters. The lowest BCUT2D eigenvalue weighted by molar-refractivity contribution is -0.116. The van der Waals surface area contributed by atoms with Crippen LogP contribution in [0.5, 0.6) is 0 Å². The van der Waals surface area contributed by atoms with Crippen LogP contribution in [0.15, 0.2) is 24.3 Å². The molecule has 0 saturated heterocycles. The molecule has 1 rings (SSSR count). The third kappa shape index (κ3) is 8.79. The number of anilines is 2. The van der Waals surface area contributed by atoms with Crippen molar-refractivity contribution in [3.05, 3.63) is 24.3 Å². The van der Waals surface area contributed by atoms with E-state index in [0.29, 0.717) is 12.1 Å². The van der Waals surface area contributed by atoms with Gasteiger partial charge in [-0.25, -0.2) is 10.2 Å². The van der Waals surface area contributed by atoms with Gasteiger partial charge in [-0.05, 0) is 48.1 Å². The summed E-state index contributed by atoms with van der Waals surface area (Å²) in [5.41, 5.74) is 6.34. The maximum atomic E-state index is 11.9. The minimum Gasteiger partial charge on any atom is -0.326 e. The van der Waals surface area contributed by atoms with Crippen molar-refractivity contribution in [1.29, 1.82) is 0 Å². The number of carbonyl (C=O) groups excluding carboxylic acids is 2. The molecule has 0 aliphatic carbocycles. The summed E-state index contributed by atoms with van der Waals surface area (Å²) in [7, 11) is 1.61. The van der Waals surface area contributed by atoms with Crippen LogP contribution in [0.1, 0.15) is 33.1 Å². The second kappa shape index (κ2) is 11.8. The quantitative estimate of drug-likeness (QED) is 0.384. The third-order valence-corrected chi connectivity index (χ3v) is 4.84. The van der Waals surface area contributed by atoms with Crippen LogP contribution in [0.25, 0.3) is 0 Å². The molecule has 4 N–H and O–H groups in total. The molecule has 0 heterocycles. The Morgan fingerprint density at radius 2 is 1.75 bits per heavy atom. The monoisotopic (exact) mass is 352 g/mol. The lowest BCUT2D eigenvalue weighted by atomic mass is 10.2. The Morgan fingerprint density at radius 1 is 1.12 bits per heavy atom. The van der Waals surface area contributed by atoms with Crippen molar-refractivity contribution in [2.24, 2.45) is 5.92 Å². The van der Waals surface area contributed by atoms with Gasteiger partial charge >= 0.3 is 6.03 Å². The minimum absolute atomic E-state index is 0.0211. The second-order valence-corrected chi connectivity index (χ2v) is 6.80. The van der Waals surface area contributed by atoms with Crippen LogP contribution >= 0.6 is 11.8 Å². The van der Waals surface area contributed by atoms with E-state index in [1.165, 1.54) is 6.42 Å². The summed E-state index contributed by atoms with van der Waals surface area (Å²) in [6, 6.07) is 6.68. The average molecular weight is 353 g/mol. The van der Waals surface area contributed by atoms with Gasteiger partial charge in [0.05, 0.1) is 0 Å². The fourth-order valence-electron chi connectivity index (χ4n) is 1.87. The van der Waals surface area contributed by atoms with Crippen LogP contribution in [-0.4, -0.2) is 30.5 Å². The summed E-state index contributed by atoms with van der Waals surface area (Å²) in [6.45, 7) is 4.45. The van der Waals surface area contributed by atoms with Crippen molar-refractivity contribution in [3.8, 4) is 0 Å². The summed E-state index contributed by atoms with van der Waals surface area (Å²) < 4.78 is 0. The molecular formula is C17H28N4O2S. The minimum atomic E-state index is -0.343. The van der Waals surface area contributed by atoms with E-state index in [2.05, 4.69) is 35.3 Å². The molecule has 0 spiro atoms. The van der Waals surface area contributed by atoms with Crippen molar-refractivity contribution < 1.29 is 9.59 Å². The number of benzene rings is 1. The Hall–Kier alpha value is -1.73. The van der Waals surface area contributed by atoms with E-state index in [1.54, 1.807) is 31.3 Å². The first-order valence-corrected chi connectivity index (χ1v) is 9.42. The van der Waals surface area contributed by atoms with Gasteiger partial charge < -0.3 is 10.6 Å². The fraction of sp³-hybridized carbons (Fsp3) is 0.529. The van der Waals surface area contributed by atoms with Crippen molar-refractivity contribution in [3.63, 3.8) is 0 Å². The Bertz CT molecular complexity index is 508. The molecule has 6 nitrogen and oxygen atoms in total. The van der Waals surface area contributed by atoms with E-state index in [-0.39, 0.29) is 11.9 Å². The van der Waals surface area contributed by atoms with Crippen LogP contribution in [0.2, 0.25) is 0 Å². The molecule has 1 aromatic rings. The Kier molecular flexibility index (Phi) is 9.95. The Morgan fingerprint density at radius 3 is 2.33 bits per heavy atom. The van der Waals surface area contributed by atoms with Crippen LogP contribution in [-0.2, 0) is 4.79 Å². The van der Waals surface area contributed by atoms with E-state index < -0.39 is 0 Å². The molecule has 3 amide bonds. The average Bonchev–Trinajstić information content (AvgIpc) is 2.56. The number of hydrogen-bond donors (Lipinski definition) is 4. The third-order valence-electron chi connectivity index (χ3n) is 3.46. The number of nitrogens with one attached hydrogen (secondary N) is 4. The zero-order valence-electron chi connectivity index (χ0n) is 14.6. The standard InChI is InChI=1S/C17H28N4O2S/c1-4-13(2)12-24-11-5-6-16(22)19-14-7-9-15(10-8-14)20-17(23)21-18-3/h7-10,13,18H,4-6,11-12H2,1-3H3,(H,19,22)(H2,20,21,23). The lowest BCUT2D eigenvalue weighted by Crippen LogP contribution is -2.37. The van der Waals surface area contributed by atoms with Gasteiger partial charge in [-0.1, -0.05) is 20.3 Å². The van der Waals surface area contributed by atoms with Crippen molar-refractivity contribution in [2.75, 3.05) is 29.2 Å². The number of carbonyl (C=O) groups is 2. The highest BCUT2D eigenvalue weighted by Crippen LogP contribution is 2.15. The highest BCUT2D eigenvalue weighted by molar-refractivity contribution is 7.99. The van der Waals surface area contributed by atoms with Crippen LogP contribution in [0.3, 0.4) is 0 Å². The first-order chi connectivity index (χ1) is 11.5. The topological polar surface area (TPSA) is 82.3 Å². The summed E-state index contributed by atoms with van der Waals surface area (Å²) in [4.78, 5) is 23.3. The van der Waals surface area contributed by atoms with E-state index in [0.717, 1.165) is 29.5 Å². The maximum Gasteiger partial charge on any atom is 0.333 e. The van der Waals surface area contributed by atoms with Gasteiger partial charge in [-0.3, -0.25) is 10.2 Å². The normalized spacial score (nSPS) is 11.6. The Balaban J connectivity index is 2.25. The predicted octanol–water partition coefficient (Wildman–Crippen LogP) is 3.44. The van der Waals surface area contributed by atoms with Gasteiger partial charge in [0.1, 0.15) is 0 Å². The van der Waals surface area contributed by atoms with Crippen LogP contribution in [0, 0.1) is 5.92 Å². The Labute approximate surface area is 148 Å². The molecule has 24 heavy (non-hydrogen) atoms. The first-order valence-electron chi connectivity index (χ1n) is 8.26. The van der Waals surface area contributed by atoms with E-state index in [9.17, 15) is 9.59 Å². The second-order valence-electron chi connectivity index (χ2n) is 5.65. The molecule has 0 aliphatic rings. The molecule has 7 heteroatoms. The molecule has 1 aromatic carbocycles. The molecule has 0 saturated carbocycles. The summed E-state index contributed by atoms with van der Waals surface area (Å²) in [5.74, 6) is 2.94. The number of thioether (sulfide) groups is 1. The fourth-order valence-corrected chi connectivity index (χ4v) is 3.03. The number of amides is 3. The predicted molar refractivity (Wildman–Crippen MR) is 102 cm³/mol. The van der Waals surface area contributed by atoms with E-state index in [1.807, 2.05) is 11.8 Å². The molecule has 0 bridgehead atoms. The van der Waals surface area contributed by atoms with E-state index >= 15 is 0 Å². The van der Waals surface area contributed by atoms with Crippen molar-refractivity contribution >= 4 is 35.1 Å². The smallest absolute Gasteiger partial charge is 0.326 e. The first kappa shape index (κ1) is 20.3. The zero-order chi connectivity index (χ0) is 17.8. The lowest BCUT2D eigenvalue weighted by Gasteiger charge is -2.09. The molecule has 0 radical (unpaired) electrons. The molecule has 134 valence electrons. The van der Waals surface area contributed by atoms with Gasteiger partial charge in [0.2, 0.25) is 5.91 Å². The number of urea groups is 1. The molecular weight excluding hydrogens is 324 g/mol. The van der Waals surface area contributed by atoms with Gasteiger partial charge in [0.15, 0.2) is 0 Å². The summed E-state index contributed by atoms with van der Waals surface area (Å²) in [6.07, 6.45) is 2.61. The highest BCUT2D eigenvalue weighted by atomic mass is 32.2. The van der Waals surface area contributed by atoms with Gasteiger partial charge in [-0.2, -0.15) is 11.8 Å². The number of rotatable bonds is 10. The van der Waals surface area contributed by atoms with Crippen molar-refractivity contribution in [1.82, 2.24) is 10.9 Å². The molecule has 0 aliphatic heterocycles. The van der Waals surface area contributed by atoms with Gasteiger partial charge in [0.25, 0.3) is 0 Å². The zero-order valence-corrected chi connectivity index (χ0v) is 15.5. The van der Waals surface area contributed by atoms with Crippen LogP contribution < -0.4 is 21.5 Å². The highest BCUT2D eigenvalue weighted by Gasteiger charge is 2.04. The van der Waals surface area contributed by atoms with Crippen molar-refractivity contribution in [2.45, 2.75) is 33.1 Å². The van der Waals surface area contributed by atoms with Gasteiger partial charge in [0, 0.05) is 24.8 Å².